The predicted molar refractivity (Wildman–Crippen MR) is 114 cm³/mol. The minimum Gasteiger partial charge on any atom is -0.508 e. The van der Waals surface area contributed by atoms with Crippen molar-refractivity contribution in [3.8, 4) is 11.5 Å². The molecule has 5 nitrogen and oxygen atoms in total. The summed E-state index contributed by atoms with van der Waals surface area (Å²) >= 11 is 24.8. The van der Waals surface area contributed by atoms with E-state index in [9.17, 15) is 23.2 Å². The van der Waals surface area contributed by atoms with Crippen LogP contribution in [0.1, 0.15) is 16.7 Å². The molecule has 0 aliphatic rings. The van der Waals surface area contributed by atoms with E-state index >= 15 is 0 Å². The smallest absolute Gasteiger partial charge is 0.283 e. The largest absolute Gasteiger partial charge is 0.508 e. The third-order valence-electron chi connectivity index (χ3n) is 4.37. The van der Waals surface area contributed by atoms with Crippen LogP contribution < -0.4 is 0 Å². The van der Waals surface area contributed by atoms with Gasteiger partial charge < -0.3 is 10.2 Å². The number of rotatable bonds is 4. The highest BCUT2D eigenvalue weighted by Crippen LogP contribution is 2.52. The number of halogens is 4. The van der Waals surface area contributed by atoms with E-state index in [0.29, 0.717) is 0 Å². The van der Waals surface area contributed by atoms with E-state index < -0.39 is 20.6 Å². The van der Waals surface area contributed by atoms with E-state index in [-0.39, 0.29) is 42.5 Å². The molecule has 0 aliphatic carbocycles. The molecule has 1 atom stereocenters. The molecule has 0 aromatic heterocycles. The number of phenolic OH excluding ortho intramolecular Hbond substituents is 2. The van der Waals surface area contributed by atoms with Crippen LogP contribution in [0, 0.1) is 0 Å². The Hall–Kier alpha value is -1.67. The topological polar surface area (TPSA) is 94.8 Å². The molecule has 3 rings (SSSR count). The van der Waals surface area contributed by atoms with Crippen molar-refractivity contribution < 1.29 is 23.2 Å². The molecule has 0 spiro atoms. The molecule has 0 saturated carbocycles. The molecule has 0 bridgehead atoms. The van der Waals surface area contributed by atoms with E-state index in [2.05, 4.69) is 0 Å². The zero-order chi connectivity index (χ0) is 21.6. The summed E-state index contributed by atoms with van der Waals surface area (Å²) < 4.78 is 34.1. The Morgan fingerprint density at radius 3 is 1.86 bits per heavy atom. The van der Waals surface area contributed by atoms with Crippen LogP contribution in [0.4, 0.5) is 0 Å². The molecule has 0 radical (unpaired) electrons. The van der Waals surface area contributed by atoms with Crippen molar-refractivity contribution in [2.75, 3.05) is 0 Å². The van der Waals surface area contributed by atoms with Gasteiger partial charge in [0.15, 0.2) is 4.75 Å². The Labute approximate surface area is 186 Å². The van der Waals surface area contributed by atoms with Gasteiger partial charge in [0.1, 0.15) is 11.5 Å². The molecule has 1 unspecified atom stereocenters. The van der Waals surface area contributed by atoms with E-state index in [4.69, 9.17) is 46.4 Å². The van der Waals surface area contributed by atoms with Gasteiger partial charge in [-0.1, -0.05) is 70.7 Å². The van der Waals surface area contributed by atoms with Crippen LogP contribution >= 0.6 is 46.4 Å². The Bertz CT molecular complexity index is 1190. The number of phenols is 2. The van der Waals surface area contributed by atoms with Crippen molar-refractivity contribution >= 4 is 56.5 Å². The van der Waals surface area contributed by atoms with Gasteiger partial charge in [0, 0.05) is 16.1 Å². The van der Waals surface area contributed by atoms with Gasteiger partial charge in [-0.05, 0) is 35.9 Å². The van der Waals surface area contributed by atoms with Crippen LogP contribution in [0.5, 0.6) is 11.5 Å². The molecule has 0 fully saturated rings. The minimum absolute atomic E-state index is 0.0141. The van der Waals surface area contributed by atoms with Crippen LogP contribution in [-0.2, 0) is 14.9 Å². The second-order valence-electron chi connectivity index (χ2n) is 6.09. The molecule has 3 aromatic rings. The summed E-state index contributed by atoms with van der Waals surface area (Å²) in [5.74, 6) is -0.749. The van der Waals surface area contributed by atoms with Crippen LogP contribution in [0.15, 0.2) is 54.6 Å². The zero-order valence-electron chi connectivity index (χ0n) is 14.3. The van der Waals surface area contributed by atoms with Gasteiger partial charge in [0.2, 0.25) is 0 Å². The molecule has 0 heterocycles. The third kappa shape index (κ3) is 3.65. The van der Waals surface area contributed by atoms with Crippen molar-refractivity contribution in [2.45, 2.75) is 4.75 Å². The Morgan fingerprint density at radius 1 is 0.759 bits per heavy atom. The van der Waals surface area contributed by atoms with Crippen molar-refractivity contribution in [3.63, 3.8) is 0 Å². The second kappa shape index (κ2) is 7.87. The third-order valence-corrected chi connectivity index (χ3v) is 7.05. The van der Waals surface area contributed by atoms with Crippen LogP contribution in [0.3, 0.4) is 0 Å². The van der Waals surface area contributed by atoms with Crippen molar-refractivity contribution in [3.05, 3.63) is 91.4 Å². The number of benzene rings is 3. The maximum atomic E-state index is 13.0. The first-order valence-electron chi connectivity index (χ1n) is 7.89. The summed E-state index contributed by atoms with van der Waals surface area (Å²) in [5, 5.41) is 19.4. The Kier molecular flexibility index (Phi) is 5.98. The van der Waals surface area contributed by atoms with E-state index in [1.54, 1.807) is 6.07 Å². The van der Waals surface area contributed by atoms with Crippen LogP contribution in [0.2, 0.25) is 20.1 Å². The average Bonchev–Trinajstić information content (AvgIpc) is 2.60. The molecule has 10 heteroatoms. The second-order valence-corrected chi connectivity index (χ2v) is 9.28. The Balaban J connectivity index is 2.63. The molecule has 3 aromatic carbocycles. The van der Waals surface area contributed by atoms with Gasteiger partial charge in [-0.15, -0.1) is 0 Å². The highest BCUT2D eigenvalue weighted by atomic mass is 35.5. The summed E-state index contributed by atoms with van der Waals surface area (Å²) in [6, 6.07) is 11.7. The van der Waals surface area contributed by atoms with Gasteiger partial charge in [0.05, 0.1) is 15.1 Å². The molecule has 152 valence electrons. The number of hydrogen-bond donors (Lipinski definition) is 3. The minimum atomic E-state index is -5.08. The fourth-order valence-electron chi connectivity index (χ4n) is 3.23. The van der Waals surface area contributed by atoms with E-state index in [0.717, 1.165) is 18.2 Å². The summed E-state index contributed by atoms with van der Waals surface area (Å²) in [7, 11) is -5.08. The summed E-state index contributed by atoms with van der Waals surface area (Å²) in [6.07, 6.45) is 0. The lowest BCUT2D eigenvalue weighted by molar-refractivity contribution is 0.455. The highest BCUT2D eigenvalue weighted by molar-refractivity contribution is 7.87. The first kappa shape index (κ1) is 22.0. The van der Waals surface area contributed by atoms with Crippen LogP contribution in [-0.4, -0.2) is 23.2 Å². The fourth-order valence-corrected chi connectivity index (χ4v) is 5.91. The van der Waals surface area contributed by atoms with Crippen LogP contribution in [0.25, 0.3) is 0 Å². The zero-order valence-corrected chi connectivity index (χ0v) is 18.1. The first-order valence-corrected chi connectivity index (χ1v) is 10.8. The summed E-state index contributed by atoms with van der Waals surface area (Å²) in [4.78, 5) is 0. The standard InChI is InChI=1S/C19H12Cl4O5S/c20-13-4-2-1-3-12(13)19(29(26,27)28,10-5-6-14(21)17(25)7-10)18-15(22)8-11(24)9-16(18)23/h1-9,24-25H,(H,26,27,28). The summed E-state index contributed by atoms with van der Waals surface area (Å²) in [6.45, 7) is 0. The molecular weight excluding hydrogens is 482 g/mol. The number of hydrogen-bond acceptors (Lipinski definition) is 4. The monoisotopic (exact) mass is 492 g/mol. The fraction of sp³-hybridized carbons (Fsp3) is 0.0526. The van der Waals surface area contributed by atoms with Crippen molar-refractivity contribution in [2.24, 2.45) is 0 Å². The molecule has 0 amide bonds. The van der Waals surface area contributed by atoms with Gasteiger partial charge in [0.25, 0.3) is 10.1 Å². The quantitative estimate of drug-likeness (QED) is 0.311. The number of aromatic hydroxyl groups is 2. The Morgan fingerprint density at radius 2 is 1.34 bits per heavy atom. The SMILES string of the molecule is O=S(=O)(O)C(c1ccc(Cl)c(O)c1)(c1ccccc1Cl)c1c(Cl)cc(O)cc1Cl. The predicted octanol–water partition coefficient (Wildman–Crippen LogP) is 5.89. The lowest BCUT2D eigenvalue weighted by Gasteiger charge is -2.34. The van der Waals surface area contributed by atoms with Gasteiger partial charge in [-0.3, -0.25) is 4.55 Å². The van der Waals surface area contributed by atoms with Gasteiger partial charge in [-0.2, -0.15) is 8.42 Å². The normalized spacial score (nSPS) is 13.8. The maximum Gasteiger partial charge on any atom is 0.283 e. The lowest BCUT2D eigenvalue weighted by atomic mass is 9.83. The molecule has 0 saturated heterocycles. The highest BCUT2D eigenvalue weighted by Gasteiger charge is 2.52. The van der Waals surface area contributed by atoms with Gasteiger partial charge >= 0.3 is 0 Å². The van der Waals surface area contributed by atoms with E-state index in [1.165, 1.54) is 30.3 Å². The maximum absolute atomic E-state index is 13.0. The average molecular weight is 494 g/mol. The molecular formula is C19H12Cl4O5S. The lowest BCUT2D eigenvalue weighted by Crippen LogP contribution is -2.39. The molecule has 3 N–H and O–H groups in total. The van der Waals surface area contributed by atoms with Gasteiger partial charge in [-0.25, -0.2) is 0 Å². The van der Waals surface area contributed by atoms with E-state index in [1.807, 2.05) is 0 Å². The molecule has 0 aliphatic heterocycles. The molecule has 29 heavy (non-hydrogen) atoms. The van der Waals surface area contributed by atoms with Crippen molar-refractivity contribution in [1.29, 1.82) is 0 Å². The van der Waals surface area contributed by atoms with Crippen molar-refractivity contribution in [1.82, 2.24) is 0 Å². The first-order chi connectivity index (χ1) is 13.5. The summed E-state index contributed by atoms with van der Waals surface area (Å²) in [5.41, 5.74) is -0.444.